The molecule has 56 heavy (non-hydrogen) atoms. The molecule has 1 heterocycles. The zero-order chi connectivity index (χ0) is 37.3. The Kier molecular flexibility index (Phi) is 8.55. The lowest BCUT2D eigenvalue weighted by molar-refractivity contribution is 1.17. The van der Waals surface area contributed by atoms with Crippen LogP contribution in [0.25, 0.3) is 72.0 Å². The molecule has 0 saturated heterocycles. The Morgan fingerprint density at radius 1 is 0.268 bits per heavy atom. The van der Waals surface area contributed by atoms with Crippen molar-refractivity contribution in [3.8, 4) is 50.2 Å². The fraction of sp³-hybridized carbons (Fsp3) is 0. The van der Waals surface area contributed by atoms with Gasteiger partial charge in [0.1, 0.15) is 0 Å². The second kappa shape index (κ2) is 14.4. The van der Waals surface area contributed by atoms with Crippen molar-refractivity contribution in [2.24, 2.45) is 0 Å². The Bertz CT molecular complexity index is 2770. The Labute approximate surface area is 327 Å². The van der Waals surface area contributed by atoms with Crippen LogP contribution >= 0.6 is 0 Å². The van der Waals surface area contributed by atoms with Crippen LogP contribution in [0.15, 0.2) is 231 Å². The van der Waals surface area contributed by atoms with E-state index in [1.54, 1.807) is 0 Å². The van der Waals surface area contributed by atoms with Crippen LogP contribution in [0.3, 0.4) is 0 Å². The van der Waals surface area contributed by atoms with Crippen LogP contribution in [0.4, 0.5) is 17.1 Å². The number of aromatic nitrogens is 1. The normalized spacial score (nSPS) is 11.2. The van der Waals surface area contributed by atoms with E-state index in [1.807, 2.05) is 0 Å². The van der Waals surface area contributed by atoms with Crippen molar-refractivity contribution >= 4 is 38.9 Å². The van der Waals surface area contributed by atoms with E-state index >= 15 is 0 Å². The molecule has 0 amide bonds. The van der Waals surface area contributed by atoms with Gasteiger partial charge in [-0.3, -0.25) is 0 Å². The smallest absolute Gasteiger partial charge is 0.0541 e. The average molecular weight is 715 g/mol. The van der Waals surface area contributed by atoms with Gasteiger partial charge in [0.05, 0.1) is 11.0 Å². The number of rotatable bonds is 8. The highest BCUT2D eigenvalue weighted by molar-refractivity contribution is 6.09. The van der Waals surface area contributed by atoms with Gasteiger partial charge in [0.15, 0.2) is 0 Å². The lowest BCUT2D eigenvalue weighted by atomic mass is 9.92. The summed E-state index contributed by atoms with van der Waals surface area (Å²) in [4.78, 5) is 2.42. The van der Waals surface area contributed by atoms with Crippen LogP contribution in [0.2, 0.25) is 0 Å². The minimum Gasteiger partial charge on any atom is -0.310 e. The highest BCUT2D eigenvalue weighted by atomic mass is 15.1. The first-order valence-electron chi connectivity index (χ1n) is 19.2. The van der Waals surface area contributed by atoms with Gasteiger partial charge < -0.3 is 9.47 Å². The van der Waals surface area contributed by atoms with Crippen LogP contribution < -0.4 is 4.90 Å². The van der Waals surface area contributed by atoms with E-state index in [-0.39, 0.29) is 0 Å². The Morgan fingerprint density at radius 2 is 0.643 bits per heavy atom. The first kappa shape index (κ1) is 33.2. The molecule has 0 bridgehead atoms. The van der Waals surface area contributed by atoms with E-state index in [1.165, 1.54) is 66.3 Å². The third kappa shape index (κ3) is 6.04. The summed E-state index contributed by atoms with van der Waals surface area (Å²) < 4.78 is 2.40. The molecule has 0 unspecified atom stereocenters. The van der Waals surface area contributed by atoms with Crippen molar-refractivity contribution in [2.45, 2.75) is 0 Å². The number of hydrogen-bond acceptors (Lipinski definition) is 1. The molecular weight excluding hydrogens is 677 g/mol. The van der Waals surface area contributed by atoms with Crippen LogP contribution in [0.5, 0.6) is 0 Å². The summed E-state index contributed by atoms with van der Waals surface area (Å²) >= 11 is 0. The molecule has 0 aliphatic rings. The van der Waals surface area contributed by atoms with Gasteiger partial charge in [-0.25, -0.2) is 0 Å². The van der Waals surface area contributed by atoms with Crippen molar-refractivity contribution in [3.05, 3.63) is 231 Å². The molecule has 0 aliphatic carbocycles. The molecule has 0 fully saturated rings. The van der Waals surface area contributed by atoms with Crippen LogP contribution in [0.1, 0.15) is 0 Å². The van der Waals surface area contributed by atoms with Crippen molar-refractivity contribution in [2.75, 3.05) is 4.90 Å². The number of hydrogen-bond donors (Lipinski definition) is 0. The third-order valence-corrected chi connectivity index (χ3v) is 10.8. The van der Waals surface area contributed by atoms with Crippen LogP contribution in [-0.4, -0.2) is 4.57 Å². The molecule has 2 nitrogen and oxygen atoms in total. The third-order valence-electron chi connectivity index (χ3n) is 10.8. The fourth-order valence-corrected chi connectivity index (χ4v) is 8.21. The maximum atomic E-state index is 2.42. The van der Waals surface area contributed by atoms with E-state index in [9.17, 15) is 0 Å². The number of nitrogens with zero attached hydrogens (tertiary/aromatic N) is 2. The summed E-state index contributed by atoms with van der Waals surface area (Å²) in [5, 5.41) is 2.50. The predicted octanol–water partition coefficient (Wildman–Crippen LogP) is 14.9. The molecule has 9 aromatic carbocycles. The second-order valence-electron chi connectivity index (χ2n) is 14.1. The molecule has 0 aliphatic heterocycles. The summed E-state index contributed by atoms with van der Waals surface area (Å²) in [5.74, 6) is 0. The van der Waals surface area contributed by atoms with Crippen LogP contribution in [0, 0.1) is 0 Å². The van der Waals surface area contributed by atoms with Gasteiger partial charge in [0, 0.05) is 33.5 Å². The average Bonchev–Trinajstić information content (AvgIpc) is 3.62. The minimum absolute atomic E-state index is 1.07. The first-order valence-corrected chi connectivity index (χ1v) is 19.2. The maximum Gasteiger partial charge on any atom is 0.0541 e. The molecule has 10 rings (SSSR count). The molecule has 0 N–H and O–H groups in total. The van der Waals surface area contributed by atoms with Crippen LogP contribution in [-0.2, 0) is 0 Å². The summed E-state index contributed by atoms with van der Waals surface area (Å²) in [6.45, 7) is 0. The van der Waals surface area contributed by atoms with Gasteiger partial charge in [-0.2, -0.15) is 0 Å². The molecule has 0 spiro atoms. The number of anilines is 3. The lowest BCUT2D eigenvalue weighted by Crippen LogP contribution is -2.11. The van der Waals surface area contributed by atoms with Crippen molar-refractivity contribution in [1.82, 2.24) is 4.57 Å². The van der Waals surface area contributed by atoms with E-state index in [4.69, 9.17) is 0 Å². The summed E-state index contributed by atoms with van der Waals surface area (Å²) in [6, 6.07) is 83.1. The number of fused-ring (bicyclic) bond motifs is 3. The second-order valence-corrected chi connectivity index (χ2v) is 14.1. The molecule has 0 saturated carbocycles. The van der Waals surface area contributed by atoms with Gasteiger partial charge in [0.25, 0.3) is 0 Å². The summed E-state index contributed by atoms with van der Waals surface area (Å²) in [5.41, 5.74) is 16.2. The Balaban J connectivity index is 1.22. The SMILES string of the molecule is c1ccc(-c2ccc(N(c3cccc(-n4c5ccccc5c5ccccc54)c3)c3ccc(-c4ccccc4)c(-c4ccccc4)c3)cc2-c2ccccc2)cc1. The van der Waals surface area contributed by atoms with E-state index in [2.05, 4.69) is 240 Å². The zero-order valence-electron chi connectivity index (χ0n) is 30.8. The van der Waals surface area contributed by atoms with Gasteiger partial charge >= 0.3 is 0 Å². The van der Waals surface area contributed by atoms with Crippen molar-refractivity contribution in [1.29, 1.82) is 0 Å². The topological polar surface area (TPSA) is 8.17 Å². The maximum absolute atomic E-state index is 2.42. The van der Waals surface area contributed by atoms with Gasteiger partial charge in [0.2, 0.25) is 0 Å². The molecule has 1 aromatic heterocycles. The highest BCUT2D eigenvalue weighted by Gasteiger charge is 2.20. The molecule has 2 heteroatoms. The van der Waals surface area contributed by atoms with E-state index in [0.29, 0.717) is 0 Å². The quantitative estimate of drug-likeness (QED) is 0.152. The van der Waals surface area contributed by atoms with E-state index < -0.39 is 0 Å². The largest absolute Gasteiger partial charge is 0.310 e. The molecular formula is C54H38N2. The summed E-state index contributed by atoms with van der Waals surface area (Å²) in [7, 11) is 0. The van der Waals surface area contributed by atoms with Gasteiger partial charge in [-0.15, -0.1) is 0 Å². The molecule has 0 radical (unpaired) electrons. The standard InChI is InChI=1S/C54H38N2/c1-5-18-39(19-6-1)47-34-32-45(37-51(47)41-22-9-3-10-23-41)55(46-33-35-48(40-20-7-2-8-21-40)52(38-46)42-24-11-4-12-25-42)43-26-17-27-44(36-43)56-53-30-15-13-28-49(53)50-29-14-16-31-54(50)56/h1-38H. The monoisotopic (exact) mass is 714 g/mol. The Hall–Kier alpha value is -7.42. The fourth-order valence-electron chi connectivity index (χ4n) is 8.21. The van der Waals surface area contributed by atoms with Gasteiger partial charge in [-0.1, -0.05) is 176 Å². The van der Waals surface area contributed by atoms with E-state index in [0.717, 1.165) is 22.7 Å². The number of para-hydroxylation sites is 2. The van der Waals surface area contributed by atoms with Crippen molar-refractivity contribution in [3.63, 3.8) is 0 Å². The summed E-state index contributed by atoms with van der Waals surface area (Å²) in [6.07, 6.45) is 0. The first-order chi connectivity index (χ1) is 27.8. The lowest BCUT2D eigenvalue weighted by Gasteiger charge is -2.28. The molecule has 10 aromatic rings. The molecule has 0 atom stereocenters. The number of benzene rings is 9. The highest BCUT2D eigenvalue weighted by Crippen LogP contribution is 2.44. The van der Waals surface area contributed by atoms with Crippen molar-refractivity contribution < 1.29 is 0 Å². The minimum atomic E-state index is 1.07. The Morgan fingerprint density at radius 3 is 1.09 bits per heavy atom. The molecule has 264 valence electrons. The van der Waals surface area contributed by atoms with Gasteiger partial charge in [-0.05, 0) is 99.1 Å². The zero-order valence-corrected chi connectivity index (χ0v) is 30.8. The predicted molar refractivity (Wildman–Crippen MR) is 237 cm³/mol.